The summed E-state index contributed by atoms with van der Waals surface area (Å²) >= 11 is 6.05. The smallest absolute Gasteiger partial charge is 0.245 e. The van der Waals surface area contributed by atoms with Crippen LogP contribution in [0.1, 0.15) is 5.56 Å². The van der Waals surface area contributed by atoms with Gasteiger partial charge in [-0.2, -0.15) is 0 Å². The lowest BCUT2D eigenvalue weighted by molar-refractivity contribution is -0.114. The van der Waals surface area contributed by atoms with E-state index in [1.807, 2.05) is 19.1 Å². The minimum atomic E-state index is -3.65. The predicted octanol–water partition coefficient (Wildman–Crippen LogP) is 3.05. The molecule has 0 unspecified atom stereocenters. The van der Waals surface area contributed by atoms with E-state index in [-0.39, 0.29) is 17.3 Å². The van der Waals surface area contributed by atoms with Crippen LogP contribution in [-0.2, 0) is 14.8 Å². The number of para-hydroxylation sites is 1. The molecular weight excluding hydrogens is 336 g/mol. The van der Waals surface area contributed by atoms with E-state index in [4.69, 9.17) is 11.6 Å². The number of anilines is 2. The first kappa shape index (κ1) is 17.3. The second-order valence-corrected chi connectivity index (χ2v) is 7.45. The van der Waals surface area contributed by atoms with E-state index in [2.05, 4.69) is 5.32 Å². The summed E-state index contributed by atoms with van der Waals surface area (Å²) in [4.78, 5) is 12.2. The molecule has 0 radical (unpaired) electrons. The van der Waals surface area contributed by atoms with Crippen LogP contribution in [0.3, 0.4) is 0 Å². The lowest BCUT2D eigenvalue weighted by atomic mass is 10.2. The quantitative estimate of drug-likeness (QED) is 0.899. The van der Waals surface area contributed by atoms with Gasteiger partial charge in [0.2, 0.25) is 15.9 Å². The van der Waals surface area contributed by atoms with Gasteiger partial charge in [0, 0.05) is 5.69 Å². The molecule has 1 N–H and O–H groups in total. The summed E-state index contributed by atoms with van der Waals surface area (Å²) in [5.41, 5.74) is 1.88. The Morgan fingerprint density at radius 1 is 1.17 bits per heavy atom. The summed E-state index contributed by atoms with van der Waals surface area (Å²) in [6, 6.07) is 13.8. The SMILES string of the molecule is Cc1cccc(NC(=O)CN(c2ccccc2Cl)S(C)(=O)=O)c1. The topological polar surface area (TPSA) is 66.5 Å². The molecule has 23 heavy (non-hydrogen) atoms. The van der Waals surface area contributed by atoms with Crippen molar-refractivity contribution in [3.63, 3.8) is 0 Å². The Bertz CT molecular complexity index is 822. The normalized spacial score (nSPS) is 11.1. The third-order valence-corrected chi connectivity index (χ3v) is 4.56. The predicted molar refractivity (Wildman–Crippen MR) is 93.5 cm³/mol. The summed E-state index contributed by atoms with van der Waals surface area (Å²) in [5.74, 6) is -0.444. The molecule has 0 atom stereocenters. The van der Waals surface area contributed by atoms with Crippen molar-refractivity contribution >= 4 is 38.9 Å². The molecule has 0 aliphatic heterocycles. The van der Waals surface area contributed by atoms with Crippen molar-refractivity contribution in [1.82, 2.24) is 0 Å². The average Bonchev–Trinajstić information content (AvgIpc) is 2.44. The van der Waals surface area contributed by atoms with Crippen LogP contribution in [0, 0.1) is 6.92 Å². The summed E-state index contributed by atoms with van der Waals surface area (Å²) in [5, 5.41) is 2.95. The molecule has 0 fully saturated rings. The molecule has 7 heteroatoms. The largest absolute Gasteiger partial charge is 0.325 e. The van der Waals surface area contributed by atoms with Gasteiger partial charge in [-0.15, -0.1) is 0 Å². The van der Waals surface area contributed by atoms with Crippen molar-refractivity contribution in [1.29, 1.82) is 0 Å². The first-order valence-electron chi connectivity index (χ1n) is 6.86. The standard InChI is InChI=1S/C16H17ClN2O3S/c1-12-6-5-7-13(10-12)18-16(20)11-19(23(2,21)22)15-9-4-3-8-14(15)17/h3-10H,11H2,1-2H3,(H,18,20). The highest BCUT2D eigenvalue weighted by Gasteiger charge is 2.22. The molecular formula is C16H17ClN2O3S. The van der Waals surface area contributed by atoms with Crippen molar-refractivity contribution in [2.24, 2.45) is 0 Å². The zero-order chi connectivity index (χ0) is 17.0. The van der Waals surface area contributed by atoms with Crippen LogP contribution in [0.4, 0.5) is 11.4 Å². The van der Waals surface area contributed by atoms with E-state index in [1.165, 1.54) is 0 Å². The van der Waals surface area contributed by atoms with E-state index in [1.54, 1.807) is 36.4 Å². The van der Waals surface area contributed by atoms with Crippen molar-refractivity contribution < 1.29 is 13.2 Å². The zero-order valence-corrected chi connectivity index (χ0v) is 14.4. The van der Waals surface area contributed by atoms with Gasteiger partial charge in [-0.3, -0.25) is 9.10 Å². The molecule has 0 aliphatic carbocycles. The Morgan fingerprint density at radius 3 is 2.48 bits per heavy atom. The van der Waals surface area contributed by atoms with Gasteiger partial charge < -0.3 is 5.32 Å². The molecule has 5 nitrogen and oxygen atoms in total. The van der Waals surface area contributed by atoms with Crippen LogP contribution < -0.4 is 9.62 Å². The molecule has 2 aromatic carbocycles. The molecule has 0 spiro atoms. The zero-order valence-electron chi connectivity index (χ0n) is 12.8. The second kappa shape index (κ2) is 7.02. The number of carbonyl (C=O) groups is 1. The van der Waals surface area contributed by atoms with Gasteiger partial charge in [0.15, 0.2) is 0 Å². The summed E-state index contributed by atoms with van der Waals surface area (Å²) in [6.45, 7) is 1.55. The van der Waals surface area contributed by atoms with Gasteiger partial charge in [0.1, 0.15) is 6.54 Å². The number of amides is 1. The van der Waals surface area contributed by atoms with Gasteiger partial charge in [0.25, 0.3) is 0 Å². The highest BCUT2D eigenvalue weighted by molar-refractivity contribution is 7.92. The molecule has 0 heterocycles. The summed E-state index contributed by atoms with van der Waals surface area (Å²) < 4.78 is 25.0. The first-order valence-corrected chi connectivity index (χ1v) is 9.09. The summed E-state index contributed by atoms with van der Waals surface area (Å²) in [6.07, 6.45) is 1.04. The van der Waals surface area contributed by atoms with Gasteiger partial charge in [-0.05, 0) is 36.8 Å². The van der Waals surface area contributed by atoms with Crippen LogP contribution in [-0.4, -0.2) is 27.1 Å². The van der Waals surface area contributed by atoms with E-state index in [0.29, 0.717) is 5.69 Å². The van der Waals surface area contributed by atoms with Gasteiger partial charge >= 0.3 is 0 Å². The van der Waals surface area contributed by atoms with E-state index >= 15 is 0 Å². The van der Waals surface area contributed by atoms with Crippen molar-refractivity contribution in [2.45, 2.75) is 6.92 Å². The maximum absolute atomic E-state index is 12.2. The lowest BCUT2D eigenvalue weighted by Gasteiger charge is -2.22. The maximum atomic E-state index is 12.2. The maximum Gasteiger partial charge on any atom is 0.245 e. The Morgan fingerprint density at radius 2 is 1.87 bits per heavy atom. The average molecular weight is 353 g/mol. The fourth-order valence-corrected chi connectivity index (χ4v) is 3.24. The van der Waals surface area contributed by atoms with Crippen LogP contribution >= 0.6 is 11.6 Å². The molecule has 0 aliphatic rings. The highest BCUT2D eigenvalue weighted by Crippen LogP contribution is 2.27. The minimum Gasteiger partial charge on any atom is -0.325 e. The monoisotopic (exact) mass is 352 g/mol. The minimum absolute atomic E-state index is 0.265. The highest BCUT2D eigenvalue weighted by atomic mass is 35.5. The van der Waals surface area contributed by atoms with E-state index < -0.39 is 15.9 Å². The molecule has 0 saturated heterocycles. The number of aryl methyl sites for hydroxylation is 1. The van der Waals surface area contributed by atoms with Crippen LogP contribution in [0.15, 0.2) is 48.5 Å². The molecule has 2 aromatic rings. The third-order valence-electron chi connectivity index (χ3n) is 3.11. The second-order valence-electron chi connectivity index (χ2n) is 5.14. The summed E-state index contributed by atoms with van der Waals surface area (Å²) in [7, 11) is -3.65. The fourth-order valence-electron chi connectivity index (χ4n) is 2.09. The lowest BCUT2D eigenvalue weighted by Crippen LogP contribution is -2.37. The molecule has 0 aromatic heterocycles. The molecule has 1 amide bonds. The third kappa shape index (κ3) is 4.71. The number of halogens is 1. The number of hydrogen-bond donors (Lipinski definition) is 1. The number of sulfonamides is 1. The van der Waals surface area contributed by atoms with Crippen molar-refractivity contribution in [3.8, 4) is 0 Å². The van der Waals surface area contributed by atoms with Crippen LogP contribution in [0.5, 0.6) is 0 Å². The Labute approximate surface area is 140 Å². The van der Waals surface area contributed by atoms with Gasteiger partial charge in [-0.25, -0.2) is 8.42 Å². The number of nitrogens with zero attached hydrogens (tertiary/aromatic N) is 1. The first-order chi connectivity index (χ1) is 10.8. The Hall–Kier alpha value is -2.05. The molecule has 0 bridgehead atoms. The Kier molecular flexibility index (Phi) is 5.28. The van der Waals surface area contributed by atoms with Crippen molar-refractivity contribution in [2.75, 3.05) is 22.4 Å². The molecule has 122 valence electrons. The van der Waals surface area contributed by atoms with E-state index in [0.717, 1.165) is 16.1 Å². The van der Waals surface area contributed by atoms with Gasteiger partial charge in [0.05, 0.1) is 17.0 Å². The number of carbonyl (C=O) groups excluding carboxylic acids is 1. The van der Waals surface area contributed by atoms with Crippen molar-refractivity contribution in [3.05, 3.63) is 59.1 Å². The van der Waals surface area contributed by atoms with E-state index in [9.17, 15) is 13.2 Å². The number of rotatable bonds is 5. The van der Waals surface area contributed by atoms with Crippen LogP contribution in [0.25, 0.3) is 0 Å². The molecule has 2 rings (SSSR count). The van der Waals surface area contributed by atoms with Crippen LogP contribution in [0.2, 0.25) is 5.02 Å². The van der Waals surface area contributed by atoms with Gasteiger partial charge in [-0.1, -0.05) is 35.9 Å². The number of nitrogens with one attached hydrogen (secondary N) is 1. The number of benzene rings is 2. The number of hydrogen-bond acceptors (Lipinski definition) is 3. The molecule has 0 saturated carbocycles. The fraction of sp³-hybridized carbons (Fsp3) is 0.188. The Balaban J connectivity index is 2.22.